The molecular weight excluding hydrogens is 432 g/mol. The lowest BCUT2D eigenvalue weighted by atomic mass is 9.98. The molecule has 3 N–H and O–H groups in total. The molecule has 0 aromatic heterocycles. The Kier molecular flexibility index (Phi) is 7.83. The molecule has 0 spiro atoms. The standard InChI is InChI=1S/C27H32N2O5/c30-25(29-24(16-26(31)32)18-13-14-18)12-2-1-7-15-28-27(33)34-17-23-21-10-5-3-8-19(21)20-9-4-6-11-22(20)23/h3-6,8-11,18,23-24H,1-2,7,12-17H2,(H,28,33)(H,29,30)(H,31,32). The van der Waals surface area contributed by atoms with E-state index in [2.05, 4.69) is 34.9 Å². The molecule has 7 heteroatoms. The number of nitrogens with one attached hydrogen (secondary N) is 2. The number of aliphatic carboxylic acids is 1. The van der Waals surface area contributed by atoms with Crippen molar-refractivity contribution < 1.29 is 24.2 Å². The molecule has 1 unspecified atom stereocenters. The SMILES string of the molecule is O=C(O)CC(NC(=O)CCCCCNC(=O)OCC1c2ccccc2-c2ccccc21)C1CC1. The summed E-state index contributed by atoms with van der Waals surface area (Å²) in [6, 6.07) is 16.2. The topological polar surface area (TPSA) is 105 Å². The van der Waals surface area contributed by atoms with Crippen molar-refractivity contribution in [1.82, 2.24) is 10.6 Å². The van der Waals surface area contributed by atoms with Crippen LogP contribution in [0, 0.1) is 5.92 Å². The highest BCUT2D eigenvalue weighted by Gasteiger charge is 2.33. The van der Waals surface area contributed by atoms with Crippen molar-refractivity contribution in [2.45, 2.75) is 56.9 Å². The second-order valence-corrected chi connectivity index (χ2v) is 9.17. The summed E-state index contributed by atoms with van der Waals surface area (Å²) in [5.74, 6) is -0.627. The van der Waals surface area contributed by atoms with E-state index in [9.17, 15) is 14.4 Å². The number of ether oxygens (including phenoxy) is 1. The van der Waals surface area contributed by atoms with Gasteiger partial charge in [0.1, 0.15) is 6.61 Å². The van der Waals surface area contributed by atoms with Gasteiger partial charge in [-0.2, -0.15) is 0 Å². The maximum atomic E-state index is 12.2. The molecule has 1 fully saturated rings. The van der Waals surface area contributed by atoms with E-state index in [1.807, 2.05) is 24.3 Å². The highest BCUT2D eigenvalue weighted by Crippen LogP contribution is 2.44. The van der Waals surface area contributed by atoms with Gasteiger partial charge in [-0.05, 0) is 53.9 Å². The smallest absolute Gasteiger partial charge is 0.407 e. The van der Waals surface area contributed by atoms with Crippen molar-refractivity contribution in [3.05, 3.63) is 59.7 Å². The Labute approximate surface area is 199 Å². The van der Waals surface area contributed by atoms with Crippen LogP contribution in [-0.4, -0.2) is 42.3 Å². The Hall–Kier alpha value is -3.35. The lowest BCUT2D eigenvalue weighted by Crippen LogP contribution is -2.37. The molecule has 2 aliphatic rings. The number of carboxylic acid groups (broad SMARTS) is 1. The lowest BCUT2D eigenvalue weighted by Gasteiger charge is -2.16. The molecule has 2 aliphatic carbocycles. The van der Waals surface area contributed by atoms with Crippen LogP contribution in [0.4, 0.5) is 4.79 Å². The average molecular weight is 465 g/mol. The quantitative estimate of drug-likeness (QED) is 0.403. The summed E-state index contributed by atoms with van der Waals surface area (Å²) in [7, 11) is 0. The van der Waals surface area contributed by atoms with Crippen molar-refractivity contribution >= 4 is 18.0 Å². The van der Waals surface area contributed by atoms with Crippen LogP contribution in [0.2, 0.25) is 0 Å². The average Bonchev–Trinajstić information content (AvgIpc) is 3.62. The number of carbonyl (C=O) groups is 3. The summed E-state index contributed by atoms with van der Waals surface area (Å²) < 4.78 is 5.53. The monoisotopic (exact) mass is 464 g/mol. The lowest BCUT2D eigenvalue weighted by molar-refractivity contribution is -0.137. The third-order valence-electron chi connectivity index (χ3n) is 6.63. The van der Waals surface area contributed by atoms with E-state index in [-0.39, 0.29) is 24.3 Å². The molecule has 0 heterocycles. The molecule has 2 aromatic carbocycles. The maximum Gasteiger partial charge on any atom is 0.407 e. The number of carboxylic acids is 1. The van der Waals surface area contributed by atoms with Crippen LogP contribution in [0.25, 0.3) is 11.1 Å². The maximum absolute atomic E-state index is 12.2. The number of rotatable bonds is 12. The number of benzene rings is 2. The van der Waals surface area contributed by atoms with Crippen LogP contribution >= 0.6 is 0 Å². The molecule has 4 rings (SSSR count). The zero-order chi connectivity index (χ0) is 23.9. The number of hydrogen-bond acceptors (Lipinski definition) is 4. The van der Waals surface area contributed by atoms with E-state index in [4.69, 9.17) is 9.84 Å². The van der Waals surface area contributed by atoms with Crippen molar-refractivity contribution in [1.29, 1.82) is 0 Å². The van der Waals surface area contributed by atoms with Gasteiger partial charge in [0.25, 0.3) is 0 Å². The third kappa shape index (κ3) is 6.16. The Balaban J connectivity index is 1.12. The highest BCUT2D eigenvalue weighted by molar-refractivity contribution is 5.79. The minimum Gasteiger partial charge on any atom is -0.481 e. The molecule has 1 atom stereocenters. The number of carbonyl (C=O) groups excluding carboxylic acids is 2. The molecule has 7 nitrogen and oxygen atoms in total. The molecule has 0 radical (unpaired) electrons. The van der Waals surface area contributed by atoms with Crippen molar-refractivity contribution in [3.8, 4) is 11.1 Å². The zero-order valence-corrected chi connectivity index (χ0v) is 19.3. The Bertz CT molecular complexity index is 988. The normalized spacial score (nSPS) is 15.2. The Morgan fingerprint density at radius 1 is 0.941 bits per heavy atom. The van der Waals surface area contributed by atoms with Gasteiger partial charge in [0.05, 0.1) is 6.42 Å². The van der Waals surface area contributed by atoms with Crippen LogP contribution in [-0.2, 0) is 14.3 Å². The van der Waals surface area contributed by atoms with Gasteiger partial charge >= 0.3 is 12.1 Å². The fourth-order valence-corrected chi connectivity index (χ4v) is 4.73. The van der Waals surface area contributed by atoms with Gasteiger partial charge in [-0.25, -0.2) is 4.79 Å². The molecule has 0 aliphatic heterocycles. The third-order valence-corrected chi connectivity index (χ3v) is 6.63. The summed E-state index contributed by atoms with van der Waals surface area (Å²) in [4.78, 5) is 35.2. The first-order valence-electron chi connectivity index (χ1n) is 12.1. The predicted octanol–water partition coefficient (Wildman–Crippen LogP) is 4.46. The van der Waals surface area contributed by atoms with Gasteiger partial charge in [0, 0.05) is 24.9 Å². The molecular formula is C27H32N2O5. The van der Waals surface area contributed by atoms with Crippen molar-refractivity contribution in [2.24, 2.45) is 5.92 Å². The number of fused-ring (bicyclic) bond motifs is 3. The second-order valence-electron chi connectivity index (χ2n) is 9.17. The van der Waals surface area contributed by atoms with Crippen molar-refractivity contribution in [3.63, 3.8) is 0 Å². The minimum atomic E-state index is -0.878. The Morgan fingerprint density at radius 2 is 1.59 bits per heavy atom. The van der Waals surface area contributed by atoms with E-state index in [1.165, 1.54) is 22.3 Å². The molecule has 0 bridgehead atoms. The summed E-state index contributed by atoms with van der Waals surface area (Å²) in [6.45, 7) is 0.778. The summed E-state index contributed by atoms with van der Waals surface area (Å²) in [5.41, 5.74) is 4.76. The van der Waals surface area contributed by atoms with Gasteiger partial charge in [-0.15, -0.1) is 0 Å². The summed E-state index contributed by atoms with van der Waals surface area (Å²) in [6.07, 6.45) is 4.14. The van der Waals surface area contributed by atoms with Crippen molar-refractivity contribution in [2.75, 3.05) is 13.2 Å². The van der Waals surface area contributed by atoms with E-state index in [0.717, 1.165) is 25.7 Å². The Morgan fingerprint density at radius 3 is 2.21 bits per heavy atom. The summed E-state index contributed by atoms with van der Waals surface area (Å²) >= 11 is 0. The van der Waals surface area contributed by atoms with E-state index < -0.39 is 12.1 Å². The van der Waals surface area contributed by atoms with Gasteiger partial charge in [0.2, 0.25) is 5.91 Å². The fourth-order valence-electron chi connectivity index (χ4n) is 4.73. The van der Waals surface area contributed by atoms with Crippen LogP contribution < -0.4 is 10.6 Å². The first-order chi connectivity index (χ1) is 16.5. The first-order valence-corrected chi connectivity index (χ1v) is 12.1. The number of hydrogen-bond donors (Lipinski definition) is 3. The zero-order valence-electron chi connectivity index (χ0n) is 19.3. The second kappa shape index (κ2) is 11.2. The molecule has 0 saturated heterocycles. The van der Waals surface area contributed by atoms with Crippen LogP contribution in [0.3, 0.4) is 0 Å². The summed E-state index contributed by atoms with van der Waals surface area (Å²) in [5, 5.41) is 14.6. The van der Waals surface area contributed by atoms with Gasteiger partial charge in [-0.3, -0.25) is 9.59 Å². The minimum absolute atomic E-state index is 0.0134. The van der Waals surface area contributed by atoms with E-state index in [0.29, 0.717) is 31.9 Å². The largest absolute Gasteiger partial charge is 0.481 e. The van der Waals surface area contributed by atoms with Crippen LogP contribution in [0.5, 0.6) is 0 Å². The fraction of sp³-hybridized carbons (Fsp3) is 0.444. The van der Waals surface area contributed by atoms with E-state index >= 15 is 0 Å². The van der Waals surface area contributed by atoms with Crippen LogP contribution in [0.1, 0.15) is 62.0 Å². The number of unbranched alkanes of at least 4 members (excludes halogenated alkanes) is 2. The molecule has 2 amide bonds. The molecule has 34 heavy (non-hydrogen) atoms. The number of alkyl carbamates (subject to hydrolysis) is 1. The van der Waals surface area contributed by atoms with Crippen LogP contribution in [0.15, 0.2) is 48.5 Å². The van der Waals surface area contributed by atoms with Gasteiger partial charge < -0.3 is 20.5 Å². The molecule has 2 aromatic rings. The number of amides is 2. The molecule has 1 saturated carbocycles. The predicted molar refractivity (Wildman–Crippen MR) is 128 cm³/mol. The van der Waals surface area contributed by atoms with E-state index in [1.54, 1.807) is 0 Å². The first kappa shape index (κ1) is 23.8. The van der Waals surface area contributed by atoms with Gasteiger partial charge in [-0.1, -0.05) is 55.0 Å². The molecule has 180 valence electrons. The van der Waals surface area contributed by atoms with Gasteiger partial charge in [0.15, 0.2) is 0 Å². The highest BCUT2D eigenvalue weighted by atomic mass is 16.5.